The highest BCUT2D eigenvalue weighted by molar-refractivity contribution is 7.89. The van der Waals surface area contributed by atoms with Crippen molar-refractivity contribution in [3.63, 3.8) is 0 Å². The second kappa shape index (κ2) is 8.87. The molecule has 1 saturated heterocycles. The molecule has 29 heavy (non-hydrogen) atoms. The lowest BCUT2D eigenvalue weighted by atomic mass is 9.91. The van der Waals surface area contributed by atoms with Crippen LogP contribution in [0.2, 0.25) is 0 Å². The zero-order valence-corrected chi connectivity index (χ0v) is 18.2. The molecular weight excluding hydrogens is 392 g/mol. The van der Waals surface area contributed by atoms with Crippen molar-refractivity contribution in [2.75, 3.05) is 19.6 Å². The minimum atomic E-state index is -3.71. The second-order valence-corrected chi connectivity index (χ2v) is 10.1. The number of aromatic nitrogens is 1. The van der Waals surface area contributed by atoms with Gasteiger partial charge >= 0.3 is 0 Å². The van der Waals surface area contributed by atoms with Gasteiger partial charge in [0.25, 0.3) is 5.91 Å². The fourth-order valence-corrected chi connectivity index (χ4v) is 6.18. The van der Waals surface area contributed by atoms with Crippen molar-refractivity contribution in [2.24, 2.45) is 18.7 Å². The molecule has 2 aliphatic rings. The van der Waals surface area contributed by atoms with Gasteiger partial charge in [-0.05, 0) is 38.7 Å². The van der Waals surface area contributed by atoms with Gasteiger partial charge in [-0.3, -0.25) is 9.59 Å². The molecule has 2 fully saturated rings. The van der Waals surface area contributed by atoms with E-state index in [0.29, 0.717) is 38.5 Å². The standard InChI is InChI=1S/C20H32N4O4S/c1-3-24(16-7-5-4-6-8-16)20(26)15-9-11-23(12-10-15)29(27,28)17-13-18(19(21)25)22(2)14-17/h13-16H,3-12H2,1-2H3,(H2,21,25). The van der Waals surface area contributed by atoms with Gasteiger partial charge in [-0.1, -0.05) is 19.3 Å². The lowest BCUT2D eigenvalue weighted by Gasteiger charge is -2.38. The van der Waals surface area contributed by atoms with Gasteiger partial charge in [-0.25, -0.2) is 8.42 Å². The molecule has 1 aromatic rings. The van der Waals surface area contributed by atoms with Crippen molar-refractivity contribution < 1.29 is 18.0 Å². The molecule has 0 radical (unpaired) electrons. The van der Waals surface area contributed by atoms with E-state index in [1.165, 1.54) is 40.4 Å². The summed E-state index contributed by atoms with van der Waals surface area (Å²) in [5.74, 6) is -0.618. The minimum absolute atomic E-state index is 0.0657. The van der Waals surface area contributed by atoms with Crippen LogP contribution in [0.4, 0.5) is 0 Å². The van der Waals surface area contributed by atoms with Crippen molar-refractivity contribution in [1.29, 1.82) is 0 Å². The monoisotopic (exact) mass is 424 g/mol. The van der Waals surface area contributed by atoms with Gasteiger partial charge in [0.05, 0.1) is 0 Å². The SMILES string of the molecule is CCN(C(=O)C1CCN(S(=O)(=O)c2cc(C(N)=O)n(C)c2)CC1)C1CCCCC1. The van der Waals surface area contributed by atoms with Gasteiger partial charge in [0.1, 0.15) is 10.6 Å². The number of piperidine rings is 1. The molecule has 0 bridgehead atoms. The lowest BCUT2D eigenvalue weighted by molar-refractivity contribution is -0.139. The van der Waals surface area contributed by atoms with Gasteiger partial charge in [0.15, 0.2) is 0 Å². The van der Waals surface area contributed by atoms with Crippen LogP contribution in [0.1, 0.15) is 62.4 Å². The third kappa shape index (κ3) is 4.50. The molecular formula is C20H32N4O4S. The summed E-state index contributed by atoms with van der Waals surface area (Å²) in [7, 11) is -2.12. The molecule has 1 aliphatic heterocycles. The number of nitrogens with zero attached hydrogens (tertiary/aromatic N) is 3. The Hall–Kier alpha value is -1.87. The summed E-state index contributed by atoms with van der Waals surface area (Å²) in [5, 5.41) is 0. The van der Waals surface area contributed by atoms with Gasteiger partial charge in [0, 0.05) is 44.8 Å². The van der Waals surface area contributed by atoms with Crippen molar-refractivity contribution in [2.45, 2.75) is 62.8 Å². The molecule has 0 aromatic carbocycles. The zero-order chi connectivity index (χ0) is 21.2. The summed E-state index contributed by atoms with van der Waals surface area (Å²) in [5.41, 5.74) is 5.45. The summed E-state index contributed by atoms with van der Waals surface area (Å²) in [6.45, 7) is 3.35. The number of primary amides is 1. The molecule has 0 unspecified atom stereocenters. The smallest absolute Gasteiger partial charge is 0.265 e. The molecule has 2 N–H and O–H groups in total. The largest absolute Gasteiger partial charge is 0.364 e. The molecule has 1 saturated carbocycles. The first-order chi connectivity index (χ1) is 13.8. The van der Waals surface area contributed by atoms with Gasteiger partial charge in [-0.15, -0.1) is 0 Å². The predicted molar refractivity (Wildman–Crippen MR) is 110 cm³/mol. The number of hydrogen-bond donors (Lipinski definition) is 1. The Morgan fingerprint density at radius 1 is 1.14 bits per heavy atom. The minimum Gasteiger partial charge on any atom is -0.364 e. The maximum Gasteiger partial charge on any atom is 0.265 e. The molecule has 8 nitrogen and oxygen atoms in total. The van der Waals surface area contributed by atoms with E-state index in [1.54, 1.807) is 7.05 Å². The Labute approximate surface area is 173 Å². The third-order valence-corrected chi connectivity index (χ3v) is 8.18. The van der Waals surface area contributed by atoms with Crippen molar-refractivity contribution in [3.8, 4) is 0 Å². The van der Waals surface area contributed by atoms with Crippen molar-refractivity contribution in [1.82, 2.24) is 13.8 Å². The molecule has 1 aromatic heterocycles. The average molecular weight is 425 g/mol. The molecule has 0 spiro atoms. The van der Waals surface area contributed by atoms with Gasteiger partial charge < -0.3 is 15.2 Å². The summed E-state index contributed by atoms with van der Waals surface area (Å²) in [6, 6.07) is 1.65. The van der Waals surface area contributed by atoms with Crippen molar-refractivity contribution >= 4 is 21.8 Å². The second-order valence-electron chi connectivity index (χ2n) is 8.13. The summed E-state index contributed by atoms with van der Waals surface area (Å²) in [4.78, 5) is 26.6. The Morgan fingerprint density at radius 3 is 2.28 bits per heavy atom. The fraction of sp³-hybridized carbons (Fsp3) is 0.700. The average Bonchev–Trinajstić information content (AvgIpc) is 3.12. The highest BCUT2D eigenvalue weighted by Gasteiger charge is 2.36. The Balaban J connectivity index is 1.65. The first kappa shape index (κ1) is 21.8. The van der Waals surface area contributed by atoms with Crippen LogP contribution < -0.4 is 5.73 Å². The first-order valence-electron chi connectivity index (χ1n) is 10.5. The van der Waals surface area contributed by atoms with E-state index < -0.39 is 15.9 Å². The van der Waals surface area contributed by atoms with E-state index in [1.807, 2.05) is 11.8 Å². The Bertz CT molecular complexity index is 850. The molecule has 3 rings (SSSR count). The topological polar surface area (TPSA) is 106 Å². The molecule has 1 aliphatic carbocycles. The van der Waals surface area contributed by atoms with E-state index in [4.69, 9.17) is 5.73 Å². The van der Waals surface area contributed by atoms with Crippen LogP contribution >= 0.6 is 0 Å². The van der Waals surface area contributed by atoms with Crippen LogP contribution in [0.3, 0.4) is 0 Å². The molecule has 9 heteroatoms. The Morgan fingerprint density at radius 2 is 1.76 bits per heavy atom. The summed E-state index contributed by atoms with van der Waals surface area (Å²) >= 11 is 0. The fourth-order valence-electron chi connectivity index (χ4n) is 4.63. The van der Waals surface area contributed by atoms with E-state index in [2.05, 4.69) is 0 Å². The summed E-state index contributed by atoms with van der Waals surface area (Å²) in [6.07, 6.45) is 8.20. The number of carbonyl (C=O) groups excluding carboxylic acids is 2. The number of amides is 2. The number of nitrogens with two attached hydrogens (primary N) is 1. The quantitative estimate of drug-likeness (QED) is 0.750. The van der Waals surface area contributed by atoms with Crippen LogP contribution in [0, 0.1) is 5.92 Å². The van der Waals surface area contributed by atoms with E-state index in [9.17, 15) is 18.0 Å². The van der Waals surface area contributed by atoms with Gasteiger partial charge in [0.2, 0.25) is 15.9 Å². The van der Waals surface area contributed by atoms with Crippen LogP contribution in [-0.2, 0) is 21.9 Å². The van der Waals surface area contributed by atoms with Crippen LogP contribution in [0.25, 0.3) is 0 Å². The maximum absolute atomic E-state index is 13.1. The predicted octanol–water partition coefficient (Wildman–Crippen LogP) is 1.71. The first-order valence-corrected chi connectivity index (χ1v) is 12.0. The lowest BCUT2D eigenvalue weighted by Crippen LogP contribution is -2.48. The summed E-state index contributed by atoms with van der Waals surface area (Å²) < 4.78 is 28.7. The van der Waals surface area contributed by atoms with E-state index >= 15 is 0 Å². The van der Waals surface area contributed by atoms with Crippen LogP contribution in [0.5, 0.6) is 0 Å². The highest BCUT2D eigenvalue weighted by Crippen LogP contribution is 2.29. The highest BCUT2D eigenvalue weighted by atomic mass is 32.2. The number of carbonyl (C=O) groups is 2. The molecule has 2 amide bonds. The number of hydrogen-bond acceptors (Lipinski definition) is 4. The number of aryl methyl sites for hydroxylation is 1. The van der Waals surface area contributed by atoms with Crippen LogP contribution in [0.15, 0.2) is 17.2 Å². The number of sulfonamides is 1. The molecule has 0 atom stereocenters. The normalized spacial score (nSPS) is 19.9. The van der Waals surface area contributed by atoms with Gasteiger partial charge in [-0.2, -0.15) is 4.31 Å². The third-order valence-electron chi connectivity index (χ3n) is 6.31. The van der Waals surface area contributed by atoms with E-state index in [-0.39, 0.29) is 22.4 Å². The maximum atomic E-state index is 13.1. The zero-order valence-electron chi connectivity index (χ0n) is 17.3. The van der Waals surface area contributed by atoms with E-state index in [0.717, 1.165) is 12.8 Å². The van der Waals surface area contributed by atoms with Crippen LogP contribution in [-0.4, -0.2) is 59.7 Å². The molecule has 2 heterocycles. The number of rotatable bonds is 6. The Kier molecular flexibility index (Phi) is 6.68. The molecule has 162 valence electrons. The van der Waals surface area contributed by atoms with Crippen molar-refractivity contribution in [3.05, 3.63) is 18.0 Å².